The van der Waals surface area contributed by atoms with Gasteiger partial charge < -0.3 is 4.74 Å². The number of allylic oxidation sites excluding steroid dienone is 2. The number of aromatic nitrogens is 1. The number of ether oxygens (including phenoxy) is 1. The summed E-state index contributed by atoms with van der Waals surface area (Å²) >= 11 is 6.49. The minimum atomic E-state index is -0.801. The lowest BCUT2D eigenvalue weighted by Gasteiger charge is -2.37. The van der Waals surface area contributed by atoms with Gasteiger partial charge >= 0.3 is 5.97 Å². The topological polar surface area (TPSA) is 137 Å². The van der Waals surface area contributed by atoms with Crippen LogP contribution in [-0.4, -0.2) is 40.1 Å². The van der Waals surface area contributed by atoms with E-state index in [1.807, 2.05) is 0 Å². The maximum atomic E-state index is 13.6. The maximum Gasteiger partial charge on any atom is 0.339 e. The number of Topliss-reactive ketones (excluding diaryl/α,β-unsaturated/α-hetero) is 1. The molecule has 2 bridgehead atoms. The first-order chi connectivity index (χ1) is 22.6. The van der Waals surface area contributed by atoms with Crippen molar-refractivity contribution in [3.8, 4) is 11.3 Å². The Bertz CT molecular complexity index is 2070. The Morgan fingerprint density at radius 1 is 0.979 bits per heavy atom. The second-order valence-corrected chi connectivity index (χ2v) is 13.1. The number of nitro groups is 1. The first-order valence-electron chi connectivity index (χ1n) is 15.3. The van der Waals surface area contributed by atoms with Crippen LogP contribution in [0.15, 0.2) is 78.9 Å². The first-order valence-corrected chi connectivity index (χ1v) is 15.7. The van der Waals surface area contributed by atoms with Crippen LogP contribution in [0.1, 0.15) is 32.7 Å². The van der Waals surface area contributed by atoms with Gasteiger partial charge in [0, 0.05) is 28.1 Å². The molecule has 47 heavy (non-hydrogen) atoms. The van der Waals surface area contributed by atoms with Gasteiger partial charge in [0.1, 0.15) is 0 Å². The van der Waals surface area contributed by atoms with Crippen molar-refractivity contribution in [2.75, 3.05) is 11.5 Å². The van der Waals surface area contributed by atoms with Crippen LogP contribution in [0.5, 0.6) is 0 Å². The summed E-state index contributed by atoms with van der Waals surface area (Å²) in [6.07, 6.45) is 5.37. The van der Waals surface area contributed by atoms with E-state index in [0.29, 0.717) is 50.3 Å². The molecule has 3 aromatic carbocycles. The number of anilines is 1. The van der Waals surface area contributed by atoms with Crippen LogP contribution in [-0.2, 0) is 14.3 Å². The van der Waals surface area contributed by atoms with Gasteiger partial charge in [0.15, 0.2) is 6.61 Å². The minimum Gasteiger partial charge on any atom is -0.454 e. The highest BCUT2D eigenvalue weighted by molar-refractivity contribution is 6.35. The Hall–Kier alpha value is -5.22. The fourth-order valence-corrected chi connectivity index (χ4v) is 8.01. The molecule has 0 N–H and O–H groups in total. The van der Waals surface area contributed by atoms with E-state index in [1.54, 1.807) is 49.4 Å². The molecule has 6 atom stereocenters. The number of imide groups is 1. The summed E-state index contributed by atoms with van der Waals surface area (Å²) in [7, 11) is 0. The SMILES string of the molecule is Cc1ccc(C(=O)COC(=O)c2cc(-c3ccc(N4C(=O)C5C6C=CC(C7CC67)C5C4=O)cc3)nc3c(Cl)cccc23)cc1[N+](=O)[O-]. The average molecular weight is 648 g/mol. The average Bonchev–Trinajstić information content (AvgIpc) is 3.85. The summed E-state index contributed by atoms with van der Waals surface area (Å²) in [5.74, 6) is -1.000. The van der Waals surface area contributed by atoms with Gasteiger partial charge in [0.25, 0.3) is 5.69 Å². The van der Waals surface area contributed by atoms with E-state index in [-0.39, 0.29) is 52.3 Å². The standard InChI is InChI=1S/C36H26ClN3O7/c1-17-5-6-19(13-29(17)40(45)46)30(41)16-47-36(44)26-15-28(38-33-23(26)3-2-4-27(33)37)18-7-9-20(10-8-18)39-34(42)31-21-11-12-22(25-14-24(21)25)32(31)35(39)43/h2-13,15,21-22,24-25,31-32H,14,16H2,1H3. The molecule has 234 valence electrons. The number of nitro benzene ring substituents is 1. The summed E-state index contributed by atoms with van der Waals surface area (Å²) in [4.78, 5) is 70.1. The lowest BCUT2D eigenvalue weighted by Crippen LogP contribution is -2.40. The van der Waals surface area contributed by atoms with Gasteiger partial charge in [-0.1, -0.05) is 60.2 Å². The molecule has 2 saturated carbocycles. The molecule has 2 heterocycles. The lowest BCUT2D eigenvalue weighted by atomic mass is 9.63. The predicted molar refractivity (Wildman–Crippen MR) is 172 cm³/mol. The van der Waals surface area contributed by atoms with Crippen molar-refractivity contribution in [2.24, 2.45) is 35.5 Å². The van der Waals surface area contributed by atoms with Crippen LogP contribution >= 0.6 is 11.6 Å². The second-order valence-electron chi connectivity index (χ2n) is 12.7. The van der Waals surface area contributed by atoms with E-state index >= 15 is 0 Å². The Kier molecular flexibility index (Phi) is 6.63. The number of carbonyl (C=O) groups excluding carboxylic acids is 4. The lowest BCUT2D eigenvalue weighted by molar-refractivity contribution is -0.385. The predicted octanol–water partition coefficient (Wildman–Crippen LogP) is 6.37. The van der Waals surface area contributed by atoms with E-state index in [0.717, 1.165) is 12.5 Å². The Labute approximate surface area is 273 Å². The Morgan fingerprint density at radius 2 is 1.66 bits per heavy atom. The van der Waals surface area contributed by atoms with E-state index in [1.165, 1.54) is 23.1 Å². The van der Waals surface area contributed by atoms with Crippen LogP contribution in [0.3, 0.4) is 0 Å². The zero-order chi connectivity index (χ0) is 32.7. The minimum absolute atomic E-state index is 0.0495. The number of esters is 1. The summed E-state index contributed by atoms with van der Waals surface area (Å²) < 4.78 is 5.39. The Morgan fingerprint density at radius 3 is 2.32 bits per heavy atom. The number of ketones is 1. The molecule has 1 aliphatic heterocycles. The fourth-order valence-electron chi connectivity index (χ4n) is 7.79. The van der Waals surface area contributed by atoms with E-state index in [4.69, 9.17) is 21.3 Å². The number of amides is 2. The van der Waals surface area contributed by atoms with Gasteiger partial charge in [-0.3, -0.25) is 29.4 Å². The number of para-hydroxylation sites is 1. The van der Waals surface area contributed by atoms with Gasteiger partial charge in [0.05, 0.1) is 44.2 Å². The third kappa shape index (κ3) is 4.58. The van der Waals surface area contributed by atoms with Crippen molar-refractivity contribution in [3.05, 3.63) is 111 Å². The van der Waals surface area contributed by atoms with E-state index in [2.05, 4.69) is 12.2 Å². The molecule has 4 aromatic rings. The molecular weight excluding hydrogens is 622 g/mol. The van der Waals surface area contributed by atoms with Gasteiger partial charge in [-0.25, -0.2) is 9.78 Å². The fraction of sp³-hybridized carbons (Fsp3) is 0.250. The molecule has 4 aliphatic carbocycles. The third-order valence-electron chi connectivity index (χ3n) is 10.2. The van der Waals surface area contributed by atoms with Gasteiger partial charge in [-0.15, -0.1) is 0 Å². The number of fused-ring (bicyclic) bond motifs is 1. The number of carbonyl (C=O) groups is 4. The van der Waals surface area contributed by atoms with Crippen molar-refractivity contribution in [3.63, 3.8) is 0 Å². The molecule has 1 aromatic heterocycles. The van der Waals surface area contributed by atoms with Crippen LogP contribution in [0.2, 0.25) is 5.02 Å². The van der Waals surface area contributed by atoms with E-state index < -0.39 is 23.3 Å². The molecule has 2 amide bonds. The summed E-state index contributed by atoms with van der Waals surface area (Å²) in [6.45, 7) is 0.934. The number of hydrogen-bond donors (Lipinski definition) is 0. The summed E-state index contributed by atoms with van der Waals surface area (Å²) in [6, 6.07) is 17.5. The highest BCUT2D eigenvalue weighted by Crippen LogP contribution is 2.65. The smallest absolute Gasteiger partial charge is 0.339 e. The van der Waals surface area contributed by atoms with Crippen LogP contribution < -0.4 is 4.90 Å². The van der Waals surface area contributed by atoms with Crippen LogP contribution in [0.4, 0.5) is 11.4 Å². The molecule has 6 unspecified atom stereocenters. The molecule has 11 heteroatoms. The molecular formula is C36H26ClN3O7. The molecule has 5 aliphatic rings. The Balaban J connectivity index is 1.06. The number of nitrogens with zero attached hydrogens (tertiary/aromatic N) is 3. The van der Waals surface area contributed by atoms with Crippen LogP contribution in [0, 0.1) is 52.5 Å². The molecule has 0 radical (unpaired) electrons. The first kappa shape index (κ1) is 29.2. The quantitative estimate of drug-likeness (QED) is 0.0564. The van der Waals surface area contributed by atoms with Crippen molar-refractivity contribution in [2.45, 2.75) is 13.3 Å². The van der Waals surface area contributed by atoms with Crippen molar-refractivity contribution >= 4 is 57.4 Å². The zero-order valence-corrected chi connectivity index (χ0v) is 25.7. The number of rotatable bonds is 7. The van der Waals surface area contributed by atoms with E-state index in [9.17, 15) is 29.3 Å². The molecule has 9 rings (SSSR count). The zero-order valence-electron chi connectivity index (χ0n) is 25.0. The maximum absolute atomic E-state index is 13.6. The highest BCUT2D eigenvalue weighted by atomic mass is 35.5. The summed E-state index contributed by atoms with van der Waals surface area (Å²) in [5, 5.41) is 12.0. The summed E-state index contributed by atoms with van der Waals surface area (Å²) in [5.41, 5.74) is 2.19. The van der Waals surface area contributed by atoms with Crippen LogP contribution in [0.25, 0.3) is 22.2 Å². The highest BCUT2D eigenvalue weighted by Gasteiger charge is 2.67. The van der Waals surface area contributed by atoms with Crippen molar-refractivity contribution < 1.29 is 28.8 Å². The number of hydrogen-bond acceptors (Lipinski definition) is 8. The van der Waals surface area contributed by atoms with Gasteiger partial charge in [-0.2, -0.15) is 0 Å². The molecule has 3 fully saturated rings. The largest absolute Gasteiger partial charge is 0.454 e. The molecule has 1 saturated heterocycles. The van der Waals surface area contributed by atoms with Gasteiger partial charge in [-0.05, 0) is 61.3 Å². The van der Waals surface area contributed by atoms with Crippen molar-refractivity contribution in [1.82, 2.24) is 4.98 Å². The number of benzene rings is 3. The second kappa shape index (κ2) is 10.7. The molecule has 0 spiro atoms. The third-order valence-corrected chi connectivity index (χ3v) is 10.5. The number of pyridine rings is 1. The number of aryl methyl sites for hydroxylation is 1. The monoisotopic (exact) mass is 647 g/mol. The van der Waals surface area contributed by atoms with Gasteiger partial charge in [0.2, 0.25) is 17.6 Å². The number of halogens is 1. The molecule has 10 nitrogen and oxygen atoms in total. The normalized spacial score (nSPS) is 25.1. The van der Waals surface area contributed by atoms with Crippen molar-refractivity contribution in [1.29, 1.82) is 0 Å².